The van der Waals surface area contributed by atoms with Crippen molar-refractivity contribution in [2.75, 3.05) is 52.1 Å². The van der Waals surface area contributed by atoms with Crippen LogP contribution in [0.4, 0.5) is 11.4 Å². The number of benzene rings is 2. The molecule has 2 N–H and O–H groups in total. The minimum atomic E-state index is -0.727. The molecule has 0 heterocycles. The standard InChI is InChI=1S/C22H30N4O3/c1-15-7-12-20(29-6)18(13-15)24-22(28)21(27)23-14-19(26(4)5)16-8-10-17(11-9-16)25(2)3/h7-13,19H,14H2,1-6H3,(H,23,27)(H,24,28)/t19-/m0/s1. The second kappa shape index (κ2) is 9.93. The smallest absolute Gasteiger partial charge is 0.313 e. The number of nitrogens with zero attached hydrogens (tertiary/aromatic N) is 2. The monoisotopic (exact) mass is 398 g/mol. The maximum absolute atomic E-state index is 12.3. The van der Waals surface area contributed by atoms with Crippen LogP contribution in [0.25, 0.3) is 0 Å². The molecule has 2 amide bonds. The second-order valence-electron chi connectivity index (χ2n) is 7.33. The molecule has 7 heteroatoms. The largest absolute Gasteiger partial charge is 0.495 e. The van der Waals surface area contributed by atoms with E-state index in [0.29, 0.717) is 18.0 Å². The maximum atomic E-state index is 12.3. The normalized spacial score (nSPS) is 11.7. The first-order chi connectivity index (χ1) is 13.7. The average molecular weight is 399 g/mol. The molecule has 0 spiro atoms. The lowest BCUT2D eigenvalue weighted by atomic mass is 10.1. The number of aryl methyl sites for hydroxylation is 1. The zero-order chi connectivity index (χ0) is 21.6. The number of hydrogen-bond donors (Lipinski definition) is 2. The summed E-state index contributed by atoms with van der Waals surface area (Å²) in [5.74, 6) is -0.913. The number of anilines is 2. The Hall–Kier alpha value is -3.06. The summed E-state index contributed by atoms with van der Waals surface area (Å²) in [5, 5.41) is 5.35. The lowest BCUT2D eigenvalue weighted by Gasteiger charge is -2.25. The summed E-state index contributed by atoms with van der Waals surface area (Å²) in [6.07, 6.45) is 0. The van der Waals surface area contributed by atoms with Gasteiger partial charge in [-0.2, -0.15) is 0 Å². The lowest BCUT2D eigenvalue weighted by molar-refractivity contribution is -0.136. The molecular formula is C22H30N4O3. The second-order valence-corrected chi connectivity index (χ2v) is 7.33. The summed E-state index contributed by atoms with van der Waals surface area (Å²) in [4.78, 5) is 28.7. The molecule has 156 valence electrons. The van der Waals surface area contributed by atoms with Gasteiger partial charge in [0.25, 0.3) is 0 Å². The predicted molar refractivity (Wildman–Crippen MR) is 117 cm³/mol. The van der Waals surface area contributed by atoms with Gasteiger partial charge in [-0.3, -0.25) is 9.59 Å². The third kappa shape index (κ3) is 5.96. The molecule has 29 heavy (non-hydrogen) atoms. The Bertz CT molecular complexity index is 848. The van der Waals surface area contributed by atoms with E-state index >= 15 is 0 Å². The van der Waals surface area contributed by atoms with Gasteiger partial charge in [-0.15, -0.1) is 0 Å². The highest BCUT2D eigenvalue weighted by atomic mass is 16.5. The third-order valence-electron chi connectivity index (χ3n) is 4.68. The highest BCUT2D eigenvalue weighted by Crippen LogP contribution is 2.25. The van der Waals surface area contributed by atoms with E-state index in [9.17, 15) is 9.59 Å². The van der Waals surface area contributed by atoms with E-state index in [1.165, 1.54) is 7.11 Å². The molecular weight excluding hydrogens is 368 g/mol. The van der Waals surface area contributed by atoms with Crippen molar-refractivity contribution >= 4 is 23.2 Å². The minimum Gasteiger partial charge on any atom is -0.495 e. The van der Waals surface area contributed by atoms with Crippen molar-refractivity contribution in [2.24, 2.45) is 0 Å². The van der Waals surface area contributed by atoms with E-state index in [2.05, 4.69) is 10.6 Å². The fourth-order valence-electron chi connectivity index (χ4n) is 2.96. The topological polar surface area (TPSA) is 73.9 Å². The van der Waals surface area contributed by atoms with Gasteiger partial charge < -0.3 is 25.2 Å². The lowest BCUT2D eigenvalue weighted by Crippen LogP contribution is -2.40. The molecule has 0 aliphatic heterocycles. The van der Waals surface area contributed by atoms with Gasteiger partial charge in [0.15, 0.2) is 0 Å². The van der Waals surface area contributed by atoms with Crippen molar-refractivity contribution in [2.45, 2.75) is 13.0 Å². The average Bonchev–Trinajstić information content (AvgIpc) is 2.68. The van der Waals surface area contributed by atoms with Crippen LogP contribution < -0.4 is 20.3 Å². The quantitative estimate of drug-likeness (QED) is 0.701. The van der Waals surface area contributed by atoms with E-state index in [4.69, 9.17) is 4.74 Å². The number of carbonyl (C=O) groups excluding carboxylic acids is 2. The molecule has 0 saturated heterocycles. The molecule has 7 nitrogen and oxygen atoms in total. The van der Waals surface area contributed by atoms with Crippen molar-refractivity contribution in [1.82, 2.24) is 10.2 Å². The van der Waals surface area contributed by atoms with Crippen LogP contribution in [0, 0.1) is 6.92 Å². The van der Waals surface area contributed by atoms with Crippen molar-refractivity contribution in [3.05, 3.63) is 53.6 Å². The molecule has 0 unspecified atom stereocenters. The van der Waals surface area contributed by atoms with Crippen LogP contribution in [0.1, 0.15) is 17.2 Å². The summed E-state index contributed by atoms with van der Waals surface area (Å²) in [7, 11) is 9.37. The van der Waals surface area contributed by atoms with Crippen LogP contribution in [0.15, 0.2) is 42.5 Å². The summed E-state index contributed by atoms with van der Waals surface area (Å²) < 4.78 is 5.24. The molecule has 2 rings (SSSR count). The van der Waals surface area contributed by atoms with Gasteiger partial charge in [-0.1, -0.05) is 18.2 Å². The number of likely N-dealkylation sites (N-methyl/N-ethyl adjacent to an activating group) is 1. The van der Waals surface area contributed by atoms with E-state index in [1.807, 2.05) is 75.2 Å². The highest BCUT2D eigenvalue weighted by Gasteiger charge is 2.20. The van der Waals surface area contributed by atoms with E-state index in [0.717, 1.165) is 16.8 Å². The number of ether oxygens (including phenoxy) is 1. The van der Waals surface area contributed by atoms with Gasteiger partial charge >= 0.3 is 11.8 Å². The molecule has 0 radical (unpaired) electrons. The van der Waals surface area contributed by atoms with Crippen molar-refractivity contribution in [3.63, 3.8) is 0 Å². The summed E-state index contributed by atoms with van der Waals surface area (Å²) >= 11 is 0. The Morgan fingerprint density at radius 3 is 2.21 bits per heavy atom. The minimum absolute atomic E-state index is 0.0588. The van der Waals surface area contributed by atoms with E-state index in [-0.39, 0.29) is 6.04 Å². The Morgan fingerprint density at radius 1 is 1.00 bits per heavy atom. The molecule has 1 atom stereocenters. The maximum Gasteiger partial charge on any atom is 0.313 e. The molecule has 0 aromatic heterocycles. The van der Waals surface area contributed by atoms with E-state index < -0.39 is 11.8 Å². The Labute approximate surface area is 172 Å². The van der Waals surface area contributed by atoms with Crippen molar-refractivity contribution in [1.29, 1.82) is 0 Å². The van der Waals surface area contributed by atoms with Crippen LogP contribution in [-0.4, -0.2) is 58.6 Å². The van der Waals surface area contributed by atoms with Gasteiger partial charge in [-0.05, 0) is 56.4 Å². The fraction of sp³-hybridized carbons (Fsp3) is 0.364. The summed E-state index contributed by atoms with van der Waals surface area (Å²) in [6.45, 7) is 2.21. The number of nitrogens with one attached hydrogen (secondary N) is 2. The molecule has 0 aliphatic carbocycles. The van der Waals surface area contributed by atoms with Gasteiger partial charge in [-0.25, -0.2) is 0 Å². The van der Waals surface area contributed by atoms with Gasteiger partial charge in [0.2, 0.25) is 0 Å². The summed E-state index contributed by atoms with van der Waals surface area (Å²) in [5.41, 5.74) is 3.58. The van der Waals surface area contributed by atoms with Gasteiger partial charge in [0.1, 0.15) is 5.75 Å². The van der Waals surface area contributed by atoms with Crippen molar-refractivity contribution in [3.8, 4) is 5.75 Å². The van der Waals surface area contributed by atoms with Gasteiger partial charge in [0, 0.05) is 26.3 Å². The first kappa shape index (κ1) is 22.2. The van der Waals surface area contributed by atoms with Crippen LogP contribution in [-0.2, 0) is 9.59 Å². The fourth-order valence-corrected chi connectivity index (χ4v) is 2.96. The number of hydrogen-bond acceptors (Lipinski definition) is 5. The molecule has 2 aromatic carbocycles. The Kier molecular flexibility index (Phi) is 7.61. The molecule has 0 fully saturated rings. The zero-order valence-electron chi connectivity index (χ0n) is 17.9. The van der Waals surface area contributed by atoms with Crippen LogP contribution in [0.3, 0.4) is 0 Å². The number of amides is 2. The van der Waals surface area contributed by atoms with E-state index in [1.54, 1.807) is 12.1 Å². The first-order valence-electron chi connectivity index (χ1n) is 9.40. The van der Waals surface area contributed by atoms with Crippen molar-refractivity contribution < 1.29 is 14.3 Å². The highest BCUT2D eigenvalue weighted by molar-refractivity contribution is 6.39. The zero-order valence-corrected chi connectivity index (χ0v) is 17.9. The van der Waals surface area contributed by atoms with Crippen LogP contribution in [0.2, 0.25) is 0 Å². The molecule has 0 aliphatic rings. The molecule has 2 aromatic rings. The number of methoxy groups -OCH3 is 1. The molecule has 0 bridgehead atoms. The number of carbonyl (C=O) groups is 2. The Balaban J connectivity index is 2.03. The van der Waals surface area contributed by atoms with Gasteiger partial charge in [0.05, 0.1) is 18.8 Å². The van der Waals surface area contributed by atoms with Crippen LogP contribution in [0.5, 0.6) is 5.75 Å². The van der Waals surface area contributed by atoms with Crippen LogP contribution >= 0.6 is 0 Å². The predicted octanol–water partition coefficient (Wildman–Crippen LogP) is 2.43. The number of rotatable bonds is 7. The molecule has 0 saturated carbocycles. The Morgan fingerprint density at radius 2 is 1.66 bits per heavy atom. The first-order valence-corrected chi connectivity index (χ1v) is 9.40. The third-order valence-corrected chi connectivity index (χ3v) is 4.68. The summed E-state index contributed by atoms with van der Waals surface area (Å²) in [6, 6.07) is 13.5. The SMILES string of the molecule is COc1ccc(C)cc1NC(=O)C(=O)NC[C@@H](c1ccc(N(C)C)cc1)N(C)C.